The molecule has 0 aliphatic heterocycles. The smallest absolute Gasteiger partial charge is 0.288 e. The number of halogens is 3. The van der Waals surface area contributed by atoms with Crippen molar-refractivity contribution in [3.05, 3.63) is 64.5 Å². The zero-order valence-corrected chi connectivity index (χ0v) is 19.6. The van der Waals surface area contributed by atoms with Crippen molar-refractivity contribution in [1.82, 2.24) is 44.9 Å². The number of pyridine rings is 1. The van der Waals surface area contributed by atoms with Gasteiger partial charge < -0.3 is 5.32 Å². The fourth-order valence-electron chi connectivity index (χ4n) is 3.97. The molecule has 0 spiro atoms. The van der Waals surface area contributed by atoms with E-state index in [1.165, 1.54) is 23.7 Å². The molecule has 0 atom stereocenters. The van der Waals surface area contributed by atoms with E-state index < -0.39 is 23.1 Å². The first-order valence-electron chi connectivity index (χ1n) is 10.5. The zero-order valence-electron chi connectivity index (χ0n) is 18.0. The van der Waals surface area contributed by atoms with E-state index in [2.05, 4.69) is 35.8 Å². The Hall–Kier alpha value is -3.71. The predicted molar refractivity (Wildman–Crippen MR) is 123 cm³/mol. The van der Waals surface area contributed by atoms with Gasteiger partial charge in [-0.1, -0.05) is 16.8 Å². The van der Waals surface area contributed by atoms with E-state index >= 15 is 0 Å². The molecule has 10 nitrogen and oxygen atoms in total. The number of hydrogen-bond donors (Lipinski definition) is 2. The summed E-state index contributed by atoms with van der Waals surface area (Å²) in [5.74, 6) is -3.07. The number of hydrogen-bond acceptors (Lipinski definition) is 7. The van der Waals surface area contributed by atoms with Crippen LogP contribution in [0.25, 0.3) is 21.9 Å². The largest absolute Gasteiger partial charge is 0.339 e. The van der Waals surface area contributed by atoms with Crippen molar-refractivity contribution in [1.29, 1.82) is 0 Å². The summed E-state index contributed by atoms with van der Waals surface area (Å²) >= 11 is 7.46. The number of alkyl halides is 2. The average molecular weight is 516 g/mol. The first-order valence-corrected chi connectivity index (χ1v) is 11.7. The Morgan fingerprint density at radius 3 is 2.77 bits per heavy atom. The van der Waals surface area contributed by atoms with Gasteiger partial charge in [-0.05, 0) is 31.0 Å². The van der Waals surface area contributed by atoms with Gasteiger partial charge in [0.05, 0.1) is 38.4 Å². The number of imidazole rings is 1. The second-order valence-electron chi connectivity index (χ2n) is 8.34. The van der Waals surface area contributed by atoms with Crippen LogP contribution in [0.15, 0.2) is 43.1 Å². The van der Waals surface area contributed by atoms with Gasteiger partial charge in [-0.25, -0.2) is 14.6 Å². The maximum absolute atomic E-state index is 14.3. The van der Waals surface area contributed by atoms with Gasteiger partial charge in [-0.2, -0.15) is 13.9 Å². The van der Waals surface area contributed by atoms with E-state index in [4.69, 9.17) is 11.6 Å². The first-order chi connectivity index (χ1) is 16.7. The summed E-state index contributed by atoms with van der Waals surface area (Å²) in [6.45, 7) is 0.759. The third-order valence-corrected chi connectivity index (χ3v) is 7.13. The van der Waals surface area contributed by atoms with Crippen molar-refractivity contribution in [3.8, 4) is 16.3 Å². The number of carbonyl (C=O) groups excluding carboxylic acids is 1. The highest BCUT2D eigenvalue weighted by atomic mass is 35.5. The topological polar surface area (TPSA) is 119 Å². The molecule has 6 rings (SSSR count). The molecule has 1 saturated carbocycles. The van der Waals surface area contributed by atoms with Gasteiger partial charge in [0.25, 0.3) is 11.8 Å². The Balaban J connectivity index is 1.51. The van der Waals surface area contributed by atoms with Crippen LogP contribution in [-0.4, -0.2) is 45.5 Å². The van der Waals surface area contributed by atoms with Crippen molar-refractivity contribution >= 4 is 34.5 Å². The van der Waals surface area contributed by atoms with Crippen LogP contribution in [-0.2, 0) is 11.5 Å². The molecule has 5 aromatic rings. The third-order valence-electron chi connectivity index (χ3n) is 5.87. The Bertz CT molecular complexity index is 1560. The lowest BCUT2D eigenvalue weighted by Crippen LogP contribution is -2.36. The number of amides is 1. The molecule has 2 N–H and O–H groups in total. The number of thiophene rings is 1. The van der Waals surface area contributed by atoms with E-state index in [0.29, 0.717) is 34.3 Å². The quantitative estimate of drug-likeness (QED) is 0.353. The number of rotatable bonds is 6. The second kappa shape index (κ2) is 7.65. The molecular formula is C21H16ClF2N9OS. The van der Waals surface area contributed by atoms with Crippen LogP contribution in [0.5, 0.6) is 0 Å². The van der Waals surface area contributed by atoms with Crippen molar-refractivity contribution in [2.75, 3.05) is 0 Å². The number of nitrogens with zero attached hydrogens (tertiary/aromatic N) is 7. The molecule has 5 aromatic heterocycles. The molecule has 35 heavy (non-hydrogen) atoms. The Labute approximate surface area is 205 Å². The van der Waals surface area contributed by atoms with Gasteiger partial charge in [-0.15, -0.1) is 16.4 Å². The maximum Gasteiger partial charge on any atom is 0.288 e. The molecule has 0 aromatic carbocycles. The predicted octanol–water partition coefficient (Wildman–Crippen LogP) is 3.95. The standard InChI is InChI=1S/C21H16ClF2N9OS/c1-20(23,24)15-8-27-31-33(15)12-6-11(18(34)29-21(4-5-21)19-26-10-28-30-19)9-32-13(7-25-17(12)32)14-2-3-16(22)35-14/h2-3,6-10H,4-5H2,1H3,(H,29,34)(H,26,28,30). The van der Waals surface area contributed by atoms with Crippen LogP contribution in [0.1, 0.15) is 41.6 Å². The molecule has 0 unspecified atom stereocenters. The van der Waals surface area contributed by atoms with Crippen LogP contribution >= 0.6 is 22.9 Å². The SMILES string of the molecule is CC(F)(F)c1cnnn1-c1cc(C(=O)NC2(c3ncn[nH]3)CC2)cn2c(-c3ccc(Cl)s3)cnc12. The summed E-state index contributed by atoms with van der Waals surface area (Å²) in [4.78, 5) is 22.8. The zero-order chi connectivity index (χ0) is 24.4. The second-order valence-corrected chi connectivity index (χ2v) is 10.1. The van der Waals surface area contributed by atoms with Gasteiger partial charge in [-0.3, -0.25) is 14.3 Å². The van der Waals surface area contributed by atoms with E-state index in [-0.39, 0.29) is 11.3 Å². The van der Waals surface area contributed by atoms with Gasteiger partial charge in [0.1, 0.15) is 23.5 Å². The van der Waals surface area contributed by atoms with Crippen LogP contribution in [0, 0.1) is 0 Å². The van der Waals surface area contributed by atoms with Crippen LogP contribution in [0.2, 0.25) is 4.34 Å². The first kappa shape index (κ1) is 21.8. The Morgan fingerprint density at radius 1 is 1.29 bits per heavy atom. The van der Waals surface area contributed by atoms with Crippen molar-refractivity contribution < 1.29 is 13.6 Å². The number of H-pyrrole nitrogens is 1. The monoisotopic (exact) mass is 515 g/mol. The highest BCUT2D eigenvalue weighted by Crippen LogP contribution is 2.44. The van der Waals surface area contributed by atoms with Crippen molar-refractivity contribution in [3.63, 3.8) is 0 Å². The summed E-state index contributed by atoms with van der Waals surface area (Å²) in [7, 11) is 0. The van der Waals surface area contributed by atoms with Gasteiger partial charge in [0.2, 0.25) is 0 Å². The highest BCUT2D eigenvalue weighted by molar-refractivity contribution is 7.19. The van der Waals surface area contributed by atoms with Crippen molar-refractivity contribution in [2.24, 2.45) is 0 Å². The molecular weight excluding hydrogens is 500 g/mol. The highest BCUT2D eigenvalue weighted by Gasteiger charge is 2.48. The molecule has 14 heteroatoms. The Morgan fingerprint density at radius 2 is 2.11 bits per heavy atom. The lowest BCUT2D eigenvalue weighted by molar-refractivity contribution is 0.0103. The summed E-state index contributed by atoms with van der Waals surface area (Å²) in [6, 6.07) is 5.05. The number of fused-ring (bicyclic) bond motifs is 1. The van der Waals surface area contributed by atoms with E-state index in [1.54, 1.807) is 22.9 Å². The molecule has 1 aliphatic carbocycles. The maximum atomic E-state index is 14.3. The summed E-state index contributed by atoms with van der Waals surface area (Å²) < 4.78 is 31.9. The fraction of sp³-hybridized carbons (Fsp3) is 0.238. The minimum absolute atomic E-state index is 0.185. The fourth-order valence-corrected chi connectivity index (χ4v) is 5.02. The minimum atomic E-state index is -3.22. The number of nitrogens with one attached hydrogen (secondary N) is 2. The molecule has 1 amide bonds. The normalized spacial score (nSPS) is 15.0. The van der Waals surface area contributed by atoms with E-state index in [1.807, 2.05) is 6.07 Å². The molecule has 178 valence electrons. The van der Waals surface area contributed by atoms with E-state index in [0.717, 1.165) is 22.7 Å². The summed E-state index contributed by atoms with van der Waals surface area (Å²) in [5.41, 5.74) is 0.311. The lowest BCUT2D eigenvalue weighted by atomic mass is 10.2. The van der Waals surface area contributed by atoms with E-state index in [9.17, 15) is 13.6 Å². The third kappa shape index (κ3) is 3.67. The summed E-state index contributed by atoms with van der Waals surface area (Å²) in [5, 5.41) is 17.2. The van der Waals surface area contributed by atoms with Crippen LogP contribution < -0.4 is 5.32 Å². The van der Waals surface area contributed by atoms with Gasteiger partial charge in [0.15, 0.2) is 5.65 Å². The average Bonchev–Trinajstić information content (AvgIpc) is 3.38. The van der Waals surface area contributed by atoms with Crippen LogP contribution in [0.3, 0.4) is 0 Å². The lowest BCUT2D eigenvalue weighted by Gasteiger charge is -2.17. The van der Waals surface area contributed by atoms with Crippen molar-refractivity contribution in [2.45, 2.75) is 31.2 Å². The van der Waals surface area contributed by atoms with Crippen LogP contribution in [0.4, 0.5) is 8.78 Å². The molecule has 0 saturated heterocycles. The minimum Gasteiger partial charge on any atom is -0.339 e. The number of aromatic nitrogens is 8. The summed E-state index contributed by atoms with van der Waals surface area (Å²) in [6.07, 6.45) is 6.98. The molecule has 1 aliphatic rings. The number of aromatic amines is 1. The molecule has 0 bridgehead atoms. The molecule has 5 heterocycles. The number of carbonyl (C=O) groups is 1. The molecule has 1 fully saturated rings. The van der Waals surface area contributed by atoms with Gasteiger partial charge in [0, 0.05) is 13.1 Å². The molecule has 0 radical (unpaired) electrons. The van der Waals surface area contributed by atoms with Gasteiger partial charge >= 0.3 is 0 Å². The Kier molecular flexibility index (Phi) is 4.76.